The fraction of sp³-hybridized carbons (Fsp3) is 0.296. The van der Waals surface area contributed by atoms with Crippen LogP contribution >= 0.6 is 0 Å². The maximum Gasteiger partial charge on any atom is 0.358 e. The molecular formula is C27H28N2O7S2. The Labute approximate surface area is 222 Å². The van der Waals surface area contributed by atoms with Crippen LogP contribution in [0.3, 0.4) is 0 Å². The van der Waals surface area contributed by atoms with E-state index in [0.29, 0.717) is 23.5 Å². The minimum Gasteiger partial charge on any atom is -0.493 e. The zero-order valence-corrected chi connectivity index (χ0v) is 23.1. The van der Waals surface area contributed by atoms with Crippen molar-refractivity contribution in [3.8, 4) is 11.5 Å². The Hall–Kier alpha value is -3.41. The lowest BCUT2D eigenvalue weighted by molar-refractivity contribution is 0.312. The average Bonchev–Trinajstić information content (AvgIpc) is 3.28. The van der Waals surface area contributed by atoms with Crippen LogP contribution in [0.1, 0.15) is 40.3 Å². The molecule has 0 spiro atoms. The van der Waals surface area contributed by atoms with Crippen molar-refractivity contribution >= 4 is 25.9 Å². The first-order valence-electron chi connectivity index (χ1n) is 12.0. The lowest BCUT2D eigenvalue weighted by Crippen LogP contribution is -2.39. The third-order valence-electron chi connectivity index (χ3n) is 6.94. The van der Waals surface area contributed by atoms with Gasteiger partial charge in [-0.1, -0.05) is 40.5 Å². The van der Waals surface area contributed by atoms with Crippen LogP contribution < -0.4 is 9.47 Å². The Morgan fingerprint density at radius 1 is 0.868 bits per heavy atom. The van der Waals surface area contributed by atoms with Crippen LogP contribution in [0.25, 0.3) is 0 Å². The molecule has 1 heterocycles. The first kappa shape index (κ1) is 26.2. The van der Waals surface area contributed by atoms with Crippen LogP contribution in [0.15, 0.2) is 69.5 Å². The van der Waals surface area contributed by atoms with Crippen LogP contribution in [0.5, 0.6) is 11.5 Å². The number of sulfonamides is 1. The Kier molecular flexibility index (Phi) is 6.70. The highest BCUT2D eigenvalue weighted by Gasteiger charge is 2.45. The Morgan fingerprint density at radius 3 is 2.05 bits per heavy atom. The Balaban J connectivity index is 1.60. The summed E-state index contributed by atoms with van der Waals surface area (Å²) in [4.78, 5) is 0.158. The van der Waals surface area contributed by atoms with Crippen molar-refractivity contribution in [2.45, 2.75) is 42.5 Å². The van der Waals surface area contributed by atoms with Crippen molar-refractivity contribution in [2.24, 2.45) is 5.16 Å². The number of aryl methyl sites for hydroxylation is 2. The summed E-state index contributed by atoms with van der Waals surface area (Å²) in [5.41, 5.74) is 4.23. The highest BCUT2D eigenvalue weighted by Crippen LogP contribution is 2.50. The molecule has 0 radical (unpaired) electrons. The van der Waals surface area contributed by atoms with Crippen molar-refractivity contribution in [1.29, 1.82) is 0 Å². The zero-order chi connectivity index (χ0) is 27.2. The molecule has 38 heavy (non-hydrogen) atoms. The van der Waals surface area contributed by atoms with E-state index in [9.17, 15) is 16.8 Å². The predicted octanol–water partition coefficient (Wildman–Crippen LogP) is 4.12. The van der Waals surface area contributed by atoms with Gasteiger partial charge in [-0.05, 0) is 61.7 Å². The lowest BCUT2D eigenvalue weighted by Gasteiger charge is -2.34. The standard InChI is InChI=1S/C27H28N2O7S2/c1-17-5-9-20(10-6-17)37(30,31)29-14-13-19-15-24(34-3)27(35-4)26-22(16-23(29)25(19)26)28-36-38(32,33)21-11-7-18(2)8-12-21/h5-12,15,23H,13-14,16H2,1-4H3/b28-22+. The van der Waals surface area contributed by atoms with E-state index in [-0.39, 0.29) is 28.5 Å². The summed E-state index contributed by atoms with van der Waals surface area (Å²) < 4.78 is 70.9. The minimum atomic E-state index is -4.20. The lowest BCUT2D eigenvalue weighted by atomic mass is 9.94. The van der Waals surface area contributed by atoms with E-state index < -0.39 is 26.2 Å². The van der Waals surface area contributed by atoms with E-state index in [1.54, 1.807) is 36.4 Å². The highest BCUT2D eigenvalue weighted by atomic mass is 32.2. The fourth-order valence-corrected chi connectivity index (χ4v) is 7.35. The predicted molar refractivity (Wildman–Crippen MR) is 142 cm³/mol. The maximum atomic E-state index is 13.7. The Morgan fingerprint density at radius 2 is 1.47 bits per heavy atom. The van der Waals surface area contributed by atoms with Gasteiger partial charge in [-0.3, -0.25) is 4.28 Å². The summed E-state index contributed by atoms with van der Waals surface area (Å²) in [7, 11) is -5.07. The number of methoxy groups -OCH3 is 2. The molecule has 0 saturated carbocycles. The topological polar surface area (TPSA) is 112 Å². The molecule has 1 unspecified atom stereocenters. The summed E-state index contributed by atoms with van der Waals surface area (Å²) >= 11 is 0. The first-order chi connectivity index (χ1) is 18.1. The number of ether oxygens (including phenoxy) is 2. The van der Waals surface area contributed by atoms with Gasteiger partial charge >= 0.3 is 10.1 Å². The van der Waals surface area contributed by atoms with E-state index >= 15 is 0 Å². The summed E-state index contributed by atoms with van der Waals surface area (Å²) in [6.07, 6.45) is 0.556. The molecule has 0 aromatic heterocycles. The number of oxime groups is 1. The van der Waals surface area contributed by atoms with Crippen LogP contribution in [-0.4, -0.2) is 47.6 Å². The summed E-state index contributed by atoms with van der Waals surface area (Å²) in [5.74, 6) is 0.796. The molecule has 1 atom stereocenters. The fourth-order valence-electron chi connectivity index (χ4n) is 5.01. The van der Waals surface area contributed by atoms with Crippen molar-refractivity contribution in [3.05, 3.63) is 82.4 Å². The number of hydrogen-bond acceptors (Lipinski definition) is 8. The van der Waals surface area contributed by atoms with Gasteiger partial charge in [0.15, 0.2) is 11.5 Å². The van der Waals surface area contributed by atoms with Gasteiger partial charge < -0.3 is 9.47 Å². The number of rotatable bonds is 7. The molecule has 9 nitrogen and oxygen atoms in total. The van der Waals surface area contributed by atoms with Gasteiger partial charge in [0.25, 0.3) is 0 Å². The number of hydrogen-bond donors (Lipinski definition) is 0. The molecule has 0 amide bonds. The van der Waals surface area contributed by atoms with Gasteiger partial charge in [0.1, 0.15) is 4.90 Å². The number of benzene rings is 3. The maximum absolute atomic E-state index is 13.7. The van der Waals surface area contributed by atoms with Gasteiger partial charge in [-0.15, -0.1) is 0 Å². The van der Waals surface area contributed by atoms with Gasteiger partial charge in [-0.25, -0.2) is 8.42 Å². The molecule has 0 N–H and O–H groups in total. The molecule has 2 aliphatic rings. The third kappa shape index (κ3) is 4.44. The molecule has 3 aromatic rings. The average molecular weight is 557 g/mol. The van der Waals surface area contributed by atoms with E-state index in [1.165, 1.54) is 30.7 Å². The molecule has 11 heteroatoms. The van der Waals surface area contributed by atoms with E-state index in [0.717, 1.165) is 22.3 Å². The quantitative estimate of drug-likeness (QED) is 0.403. The minimum absolute atomic E-state index is 0.0339. The van der Waals surface area contributed by atoms with E-state index in [2.05, 4.69) is 5.16 Å². The van der Waals surface area contributed by atoms with Crippen LogP contribution in [0.2, 0.25) is 0 Å². The second-order valence-corrected chi connectivity index (χ2v) is 12.8. The molecule has 0 fully saturated rings. The van der Waals surface area contributed by atoms with Crippen LogP contribution in [0.4, 0.5) is 0 Å². The molecular weight excluding hydrogens is 528 g/mol. The molecule has 1 aliphatic carbocycles. The number of nitrogens with zero attached hydrogens (tertiary/aromatic N) is 2. The molecule has 0 saturated heterocycles. The van der Waals surface area contributed by atoms with Crippen LogP contribution in [0, 0.1) is 13.8 Å². The van der Waals surface area contributed by atoms with Crippen molar-refractivity contribution < 1.29 is 30.6 Å². The first-order valence-corrected chi connectivity index (χ1v) is 14.9. The summed E-state index contributed by atoms with van der Waals surface area (Å²) in [6, 6.07) is 14.2. The molecule has 1 aliphatic heterocycles. The van der Waals surface area contributed by atoms with Gasteiger partial charge in [0.2, 0.25) is 10.0 Å². The van der Waals surface area contributed by atoms with Crippen molar-refractivity contribution in [3.63, 3.8) is 0 Å². The largest absolute Gasteiger partial charge is 0.493 e. The Bertz CT molecular complexity index is 1630. The van der Waals surface area contributed by atoms with E-state index in [4.69, 9.17) is 13.8 Å². The SMILES string of the molecule is COc1cc2c3c(c1OC)/C(=N/OS(=O)(=O)c1ccc(C)cc1)CC3N(S(=O)(=O)c1ccc(C)cc1)CC2. The molecule has 5 rings (SSSR count). The van der Waals surface area contributed by atoms with Gasteiger partial charge in [0, 0.05) is 13.0 Å². The zero-order valence-electron chi connectivity index (χ0n) is 21.5. The third-order valence-corrected chi connectivity index (χ3v) is 9.98. The smallest absolute Gasteiger partial charge is 0.358 e. The summed E-state index contributed by atoms with van der Waals surface area (Å²) in [6.45, 7) is 3.99. The highest BCUT2D eigenvalue weighted by molar-refractivity contribution is 7.89. The van der Waals surface area contributed by atoms with Crippen LogP contribution in [-0.2, 0) is 30.8 Å². The van der Waals surface area contributed by atoms with Gasteiger partial charge in [-0.2, -0.15) is 12.7 Å². The van der Waals surface area contributed by atoms with E-state index in [1.807, 2.05) is 19.9 Å². The monoisotopic (exact) mass is 556 g/mol. The molecule has 0 bridgehead atoms. The van der Waals surface area contributed by atoms with Gasteiger partial charge in [0.05, 0.1) is 36.4 Å². The summed E-state index contributed by atoms with van der Waals surface area (Å²) in [5, 5.41) is 4.06. The van der Waals surface area contributed by atoms with Crippen molar-refractivity contribution in [1.82, 2.24) is 4.31 Å². The second kappa shape index (κ2) is 9.72. The van der Waals surface area contributed by atoms with Crippen molar-refractivity contribution in [2.75, 3.05) is 20.8 Å². The second-order valence-electron chi connectivity index (χ2n) is 9.34. The molecule has 200 valence electrons. The normalized spacial score (nSPS) is 18.3. The molecule has 3 aromatic carbocycles.